The van der Waals surface area contributed by atoms with Crippen molar-refractivity contribution in [3.63, 3.8) is 0 Å². The predicted molar refractivity (Wildman–Crippen MR) is 68.8 cm³/mol. The highest BCUT2D eigenvalue weighted by atomic mass is 16.5. The Morgan fingerprint density at radius 3 is 2.50 bits per heavy atom. The van der Waals surface area contributed by atoms with E-state index in [9.17, 15) is 4.79 Å². The van der Waals surface area contributed by atoms with E-state index in [4.69, 9.17) is 15.2 Å². The lowest BCUT2D eigenvalue weighted by Crippen LogP contribution is -2.16. The fourth-order valence-electron chi connectivity index (χ4n) is 2.27. The van der Waals surface area contributed by atoms with Gasteiger partial charge in [0.25, 0.3) is 0 Å². The van der Waals surface area contributed by atoms with E-state index in [0.29, 0.717) is 30.0 Å². The lowest BCUT2D eigenvalue weighted by Gasteiger charge is -2.21. The van der Waals surface area contributed by atoms with E-state index in [1.807, 2.05) is 18.2 Å². The number of carbonyl (C=O) groups excluding carboxylic acids is 1. The van der Waals surface area contributed by atoms with Crippen LogP contribution in [0.1, 0.15) is 24.3 Å². The molecule has 0 aromatic heterocycles. The molecule has 0 amide bonds. The Labute approximate surface area is 106 Å². The van der Waals surface area contributed by atoms with Crippen molar-refractivity contribution in [2.45, 2.75) is 18.8 Å². The Balaban J connectivity index is 2.29. The predicted octanol–water partition coefficient (Wildman–Crippen LogP) is 1.99. The molecule has 0 aliphatic heterocycles. The van der Waals surface area contributed by atoms with Crippen LogP contribution in [-0.2, 0) is 4.79 Å². The lowest BCUT2D eigenvalue weighted by atomic mass is 9.85. The summed E-state index contributed by atoms with van der Waals surface area (Å²) in [5.41, 5.74) is 7.46. The van der Waals surface area contributed by atoms with Crippen LogP contribution in [0.25, 0.3) is 0 Å². The van der Waals surface area contributed by atoms with Gasteiger partial charge in [0.15, 0.2) is 17.3 Å². The number of benzene rings is 1. The summed E-state index contributed by atoms with van der Waals surface area (Å²) in [6, 6.07) is 5.72. The Hall–Kier alpha value is -1.97. The van der Waals surface area contributed by atoms with Crippen molar-refractivity contribution < 1.29 is 14.3 Å². The molecule has 1 aliphatic carbocycles. The van der Waals surface area contributed by atoms with E-state index in [2.05, 4.69) is 0 Å². The van der Waals surface area contributed by atoms with Crippen LogP contribution in [0.4, 0.5) is 0 Å². The minimum atomic E-state index is 0.0820. The van der Waals surface area contributed by atoms with Crippen molar-refractivity contribution in [2.24, 2.45) is 5.73 Å². The topological polar surface area (TPSA) is 61.5 Å². The van der Waals surface area contributed by atoms with Gasteiger partial charge >= 0.3 is 0 Å². The minimum absolute atomic E-state index is 0.0820. The number of rotatable bonds is 3. The molecule has 0 spiro atoms. The zero-order valence-corrected chi connectivity index (χ0v) is 10.6. The summed E-state index contributed by atoms with van der Waals surface area (Å²) >= 11 is 0. The molecule has 1 aliphatic rings. The third-order valence-electron chi connectivity index (χ3n) is 3.16. The molecule has 4 heteroatoms. The van der Waals surface area contributed by atoms with Gasteiger partial charge in [-0.15, -0.1) is 0 Å². The van der Waals surface area contributed by atoms with E-state index < -0.39 is 0 Å². The van der Waals surface area contributed by atoms with Gasteiger partial charge in [0.2, 0.25) is 0 Å². The summed E-state index contributed by atoms with van der Waals surface area (Å²) in [5, 5.41) is 0. The van der Waals surface area contributed by atoms with Crippen molar-refractivity contribution >= 4 is 5.78 Å². The van der Waals surface area contributed by atoms with Crippen LogP contribution in [0.15, 0.2) is 30.0 Å². The van der Waals surface area contributed by atoms with Crippen molar-refractivity contribution in [3.05, 3.63) is 35.5 Å². The van der Waals surface area contributed by atoms with Gasteiger partial charge in [-0.3, -0.25) is 4.79 Å². The molecule has 2 rings (SSSR count). The van der Waals surface area contributed by atoms with Crippen LogP contribution >= 0.6 is 0 Å². The van der Waals surface area contributed by atoms with E-state index in [0.717, 1.165) is 5.56 Å². The molecule has 0 radical (unpaired) electrons. The quantitative estimate of drug-likeness (QED) is 0.887. The molecule has 0 unspecified atom stereocenters. The summed E-state index contributed by atoms with van der Waals surface area (Å²) in [6.07, 6.45) is 2.73. The van der Waals surface area contributed by atoms with Crippen LogP contribution in [0.5, 0.6) is 11.5 Å². The first kappa shape index (κ1) is 12.5. The minimum Gasteiger partial charge on any atom is -0.493 e. The second-order valence-corrected chi connectivity index (χ2v) is 4.41. The molecule has 0 heterocycles. The van der Waals surface area contributed by atoms with Crippen LogP contribution in [-0.4, -0.2) is 20.0 Å². The third-order valence-corrected chi connectivity index (χ3v) is 3.16. The number of nitrogens with two attached hydrogens (primary N) is 1. The Morgan fingerprint density at radius 1 is 1.17 bits per heavy atom. The first-order valence-electron chi connectivity index (χ1n) is 5.85. The summed E-state index contributed by atoms with van der Waals surface area (Å²) < 4.78 is 10.5. The fourth-order valence-corrected chi connectivity index (χ4v) is 2.27. The van der Waals surface area contributed by atoms with Crippen molar-refractivity contribution in [2.75, 3.05) is 14.2 Å². The number of hydrogen-bond donors (Lipinski definition) is 1. The van der Waals surface area contributed by atoms with Gasteiger partial charge < -0.3 is 15.2 Å². The van der Waals surface area contributed by atoms with Gasteiger partial charge in [0.1, 0.15) is 0 Å². The number of carbonyl (C=O) groups is 1. The number of hydrogen-bond acceptors (Lipinski definition) is 4. The monoisotopic (exact) mass is 247 g/mol. The highest BCUT2D eigenvalue weighted by Crippen LogP contribution is 2.35. The van der Waals surface area contributed by atoms with Gasteiger partial charge in [0.05, 0.1) is 14.2 Å². The number of ketones is 1. The number of ether oxygens (including phenoxy) is 2. The van der Waals surface area contributed by atoms with Gasteiger partial charge in [-0.05, 0) is 36.1 Å². The van der Waals surface area contributed by atoms with Crippen molar-refractivity contribution in [1.82, 2.24) is 0 Å². The van der Waals surface area contributed by atoms with Crippen LogP contribution in [0.3, 0.4) is 0 Å². The molecule has 1 aromatic carbocycles. The zero-order valence-electron chi connectivity index (χ0n) is 10.6. The standard InChI is InChI=1S/C14H17NO3/c1-17-13-4-3-9(7-14(13)18-2)10-5-11(15)8-12(16)6-10/h3-4,7-8,10H,5-6,15H2,1-2H3/t10-/m1/s1. The average molecular weight is 247 g/mol. The maximum atomic E-state index is 11.5. The SMILES string of the molecule is COc1ccc([C@H]2CC(=O)C=C(N)C2)cc1OC. The summed E-state index contributed by atoms with van der Waals surface area (Å²) in [7, 11) is 3.20. The lowest BCUT2D eigenvalue weighted by molar-refractivity contribution is -0.115. The van der Waals surface area contributed by atoms with E-state index in [1.54, 1.807) is 14.2 Å². The largest absolute Gasteiger partial charge is 0.493 e. The molecular formula is C14H17NO3. The van der Waals surface area contributed by atoms with Gasteiger partial charge in [-0.1, -0.05) is 6.07 Å². The summed E-state index contributed by atoms with van der Waals surface area (Å²) in [5.74, 6) is 1.57. The Bertz CT molecular complexity index is 494. The molecule has 1 atom stereocenters. The molecular weight excluding hydrogens is 230 g/mol. The van der Waals surface area contributed by atoms with Crippen LogP contribution < -0.4 is 15.2 Å². The molecule has 18 heavy (non-hydrogen) atoms. The molecule has 0 saturated carbocycles. The maximum absolute atomic E-state index is 11.5. The second kappa shape index (κ2) is 5.12. The van der Waals surface area contributed by atoms with Crippen molar-refractivity contribution in [3.8, 4) is 11.5 Å². The van der Waals surface area contributed by atoms with Gasteiger partial charge in [-0.2, -0.15) is 0 Å². The van der Waals surface area contributed by atoms with Gasteiger partial charge in [0, 0.05) is 12.1 Å². The third kappa shape index (κ3) is 2.47. The fraction of sp³-hybridized carbons (Fsp3) is 0.357. The molecule has 1 aromatic rings. The molecule has 0 fully saturated rings. The van der Waals surface area contributed by atoms with Gasteiger partial charge in [-0.25, -0.2) is 0 Å². The molecule has 4 nitrogen and oxygen atoms in total. The summed E-state index contributed by atoms with van der Waals surface area (Å²) in [4.78, 5) is 11.5. The van der Waals surface area contributed by atoms with Crippen LogP contribution in [0.2, 0.25) is 0 Å². The average Bonchev–Trinajstić information content (AvgIpc) is 2.36. The van der Waals surface area contributed by atoms with Crippen molar-refractivity contribution in [1.29, 1.82) is 0 Å². The van der Waals surface area contributed by atoms with E-state index >= 15 is 0 Å². The smallest absolute Gasteiger partial charge is 0.160 e. The Kier molecular flexibility index (Phi) is 3.55. The van der Waals surface area contributed by atoms with Crippen LogP contribution in [0, 0.1) is 0 Å². The van der Waals surface area contributed by atoms with E-state index in [-0.39, 0.29) is 11.7 Å². The molecule has 0 saturated heterocycles. The molecule has 2 N–H and O–H groups in total. The zero-order chi connectivity index (χ0) is 13.1. The summed E-state index contributed by atoms with van der Waals surface area (Å²) in [6.45, 7) is 0. The first-order valence-corrected chi connectivity index (χ1v) is 5.85. The second-order valence-electron chi connectivity index (χ2n) is 4.41. The highest BCUT2D eigenvalue weighted by Gasteiger charge is 2.21. The first-order chi connectivity index (χ1) is 8.63. The number of methoxy groups -OCH3 is 2. The Morgan fingerprint density at radius 2 is 1.89 bits per heavy atom. The molecule has 0 bridgehead atoms. The highest BCUT2D eigenvalue weighted by molar-refractivity contribution is 5.91. The molecule has 96 valence electrons. The number of allylic oxidation sites excluding steroid dienone is 2. The maximum Gasteiger partial charge on any atom is 0.160 e. The normalized spacial score (nSPS) is 19.3. The van der Waals surface area contributed by atoms with E-state index in [1.165, 1.54) is 6.08 Å².